The Kier molecular flexibility index (Phi) is 3.65. The van der Waals surface area contributed by atoms with Crippen molar-refractivity contribution >= 4 is 22.9 Å². The zero-order valence-electron chi connectivity index (χ0n) is 13.5. The van der Waals surface area contributed by atoms with E-state index in [1.165, 1.54) is 11.1 Å². The van der Waals surface area contributed by atoms with Crippen molar-refractivity contribution in [1.29, 1.82) is 0 Å². The lowest BCUT2D eigenvalue weighted by molar-refractivity contribution is -0.117. The Morgan fingerprint density at radius 3 is 3.08 bits per heavy atom. The zero-order chi connectivity index (χ0) is 16.5. The number of nitrogens with zero attached hydrogens (tertiary/aromatic N) is 1. The highest BCUT2D eigenvalue weighted by Gasteiger charge is 2.29. The summed E-state index contributed by atoms with van der Waals surface area (Å²) in [5, 5.41) is 11.2. The number of hydrogen-bond acceptors (Lipinski definition) is 2. The minimum absolute atomic E-state index is 0.0618. The normalized spacial score (nSPS) is 19.7. The van der Waals surface area contributed by atoms with Crippen LogP contribution < -0.4 is 5.32 Å². The van der Waals surface area contributed by atoms with Crippen LogP contribution in [0.3, 0.4) is 0 Å². The molecule has 0 aliphatic heterocycles. The van der Waals surface area contributed by atoms with Gasteiger partial charge in [0.05, 0.1) is 17.8 Å². The topological polar surface area (TPSA) is 57.8 Å². The molecule has 24 heavy (non-hydrogen) atoms. The van der Waals surface area contributed by atoms with Crippen LogP contribution in [0.15, 0.2) is 54.7 Å². The van der Waals surface area contributed by atoms with Gasteiger partial charge in [-0.3, -0.25) is 9.89 Å². The first-order valence-corrected chi connectivity index (χ1v) is 8.20. The summed E-state index contributed by atoms with van der Waals surface area (Å²) in [7, 11) is 0. The van der Waals surface area contributed by atoms with Gasteiger partial charge in [0.2, 0.25) is 5.91 Å². The van der Waals surface area contributed by atoms with Gasteiger partial charge in [-0.2, -0.15) is 5.10 Å². The molecule has 120 valence electrons. The fourth-order valence-corrected chi connectivity index (χ4v) is 3.45. The molecule has 0 saturated heterocycles. The van der Waals surface area contributed by atoms with E-state index in [1.54, 1.807) is 12.3 Å². The van der Waals surface area contributed by atoms with Gasteiger partial charge in [-0.25, -0.2) is 0 Å². The van der Waals surface area contributed by atoms with E-state index in [4.69, 9.17) is 0 Å². The highest BCUT2D eigenvalue weighted by atomic mass is 16.1. The van der Waals surface area contributed by atoms with E-state index in [0.717, 1.165) is 22.9 Å². The number of aromatic nitrogens is 2. The van der Waals surface area contributed by atoms with E-state index in [1.807, 2.05) is 30.3 Å². The molecular formula is C20H19N3O. The fraction of sp³-hybridized carbons (Fsp3) is 0.200. The number of rotatable bonds is 3. The lowest BCUT2D eigenvalue weighted by Crippen LogP contribution is -2.28. The summed E-state index contributed by atoms with van der Waals surface area (Å²) in [6.45, 7) is 2.18. The number of hydrogen-bond donors (Lipinski definition) is 2. The van der Waals surface area contributed by atoms with Gasteiger partial charge in [0.25, 0.3) is 0 Å². The molecule has 0 spiro atoms. The van der Waals surface area contributed by atoms with Gasteiger partial charge in [0, 0.05) is 11.5 Å². The van der Waals surface area contributed by atoms with Crippen molar-refractivity contribution in [3.05, 3.63) is 71.4 Å². The summed E-state index contributed by atoms with van der Waals surface area (Å²) in [6.07, 6.45) is 6.24. The maximum absolute atomic E-state index is 12.3. The molecule has 4 rings (SSSR count). The molecule has 1 amide bonds. The molecule has 2 atom stereocenters. The molecule has 1 heterocycles. The highest BCUT2D eigenvalue weighted by molar-refractivity contribution is 5.92. The molecule has 0 bridgehead atoms. The summed E-state index contributed by atoms with van der Waals surface area (Å²) in [5.74, 6) is 0.356. The van der Waals surface area contributed by atoms with E-state index >= 15 is 0 Å². The molecule has 1 aromatic heterocycles. The molecule has 2 aromatic carbocycles. The Morgan fingerprint density at radius 1 is 1.29 bits per heavy atom. The number of benzene rings is 2. The Hall–Kier alpha value is -2.88. The third kappa shape index (κ3) is 2.71. The summed E-state index contributed by atoms with van der Waals surface area (Å²) in [5.41, 5.74) is 4.52. The first-order chi connectivity index (χ1) is 11.7. The van der Waals surface area contributed by atoms with Crippen LogP contribution in [-0.2, 0) is 11.2 Å². The van der Waals surface area contributed by atoms with Gasteiger partial charge in [-0.05, 0) is 41.2 Å². The Balaban J connectivity index is 1.48. The van der Waals surface area contributed by atoms with E-state index in [2.05, 4.69) is 40.6 Å². The second-order valence-electron chi connectivity index (χ2n) is 6.42. The van der Waals surface area contributed by atoms with Crippen LogP contribution >= 0.6 is 0 Å². The average Bonchev–Trinajstić information content (AvgIpc) is 3.17. The predicted octanol–water partition coefficient (Wildman–Crippen LogP) is 3.63. The van der Waals surface area contributed by atoms with E-state index in [0.29, 0.717) is 5.92 Å². The van der Waals surface area contributed by atoms with Gasteiger partial charge in [-0.15, -0.1) is 0 Å². The van der Waals surface area contributed by atoms with Gasteiger partial charge < -0.3 is 5.32 Å². The molecular weight excluding hydrogens is 298 g/mol. The molecule has 1 aliphatic rings. The molecule has 2 N–H and O–H groups in total. The van der Waals surface area contributed by atoms with E-state index in [-0.39, 0.29) is 11.9 Å². The number of H-pyrrole nitrogens is 1. The van der Waals surface area contributed by atoms with Crippen LogP contribution in [0, 0.1) is 5.92 Å². The molecule has 3 aromatic rings. The molecule has 4 heteroatoms. The second-order valence-corrected chi connectivity index (χ2v) is 6.42. The molecule has 0 unspecified atom stereocenters. The Bertz CT molecular complexity index is 925. The summed E-state index contributed by atoms with van der Waals surface area (Å²) in [6, 6.07) is 14.4. The van der Waals surface area contributed by atoms with Crippen LogP contribution in [0.25, 0.3) is 17.0 Å². The van der Waals surface area contributed by atoms with Crippen molar-refractivity contribution < 1.29 is 4.79 Å². The van der Waals surface area contributed by atoms with Crippen LogP contribution in [0.2, 0.25) is 0 Å². The number of aromatic amines is 1. The molecule has 0 saturated carbocycles. The minimum atomic E-state index is -0.0618. The predicted molar refractivity (Wildman–Crippen MR) is 95.3 cm³/mol. The first kappa shape index (κ1) is 14.7. The van der Waals surface area contributed by atoms with Gasteiger partial charge in [-0.1, -0.05) is 43.3 Å². The van der Waals surface area contributed by atoms with Crippen LogP contribution in [0.1, 0.15) is 29.7 Å². The summed E-state index contributed by atoms with van der Waals surface area (Å²) in [4.78, 5) is 12.3. The van der Waals surface area contributed by atoms with Gasteiger partial charge in [0.15, 0.2) is 0 Å². The smallest absolute Gasteiger partial charge is 0.244 e. The largest absolute Gasteiger partial charge is 0.345 e. The monoisotopic (exact) mass is 317 g/mol. The number of fused-ring (bicyclic) bond motifs is 2. The molecule has 1 aliphatic carbocycles. The molecule has 0 fully saturated rings. The minimum Gasteiger partial charge on any atom is -0.345 e. The zero-order valence-corrected chi connectivity index (χ0v) is 13.5. The quantitative estimate of drug-likeness (QED) is 0.725. The first-order valence-electron chi connectivity index (χ1n) is 8.20. The number of nitrogens with one attached hydrogen (secondary N) is 2. The van der Waals surface area contributed by atoms with Crippen LogP contribution in [-0.4, -0.2) is 16.1 Å². The average molecular weight is 317 g/mol. The fourth-order valence-electron chi connectivity index (χ4n) is 3.45. The molecule has 0 radical (unpaired) electrons. The lowest BCUT2D eigenvalue weighted by Gasteiger charge is -2.17. The van der Waals surface area contributed by atoms with Crippen LogP contribution in [0.5, 0.6) is 0 Å². The van der Waals surface area contributed by atoms with E-state index in [9.17, 15) is 4.79 Å². The summed E-state index contributed by atoms with van der Waals surface area (Å²) >= 11 is 0. The van der Waals surface area contributed by atoms with Gasteiger partial charge >= 0.3 is 0 Å². The number of amides is 1. The van der Waals surface area contributed by atoms with Crippen molar-refractivity contribution in [2.45, 2.75) is 19.4 Å². The maximum Gasteiger partial charge on any atom is 0.244 e. The second kappa shape index (κ2) is 5.96. The van der Waals surface area contributed by atoms with Crippen molar-refractivity contribution in [3.8, 4) is 0 Å². The van der Waals surface area contributed by atoms with Crippen molar-refractivity contribution in [2.75, 3.05) is 0 Å². The number of carbonyl (C=O) groups excluding carboxylic acids is 1. The van der Waals surface area contributed by atoms with Crippen molar-refractivity contribution in [1.82, 2.24) is 15.5 Å². The summed E-state index contributed by atoms with van der Waals surface area (Å²) < 4.78 is 0. The SMILES string of the molecule is C[C@@H]1Cc2ccccc2[C@H]1NC(=O)/C=C/c1ccc2cn[nH]c2c1. The van der Waals surface area contributed by atoms with Crippen LogP contribution in [0.4, 0.5) is 0 Å². The third-order valence-electron chi connectivity index (χ3n) is 4.69. The van der Waals surface area contributed by atoms with E-state index < -0.39 is 0 Å². The number of carbonyl (C=O) groups is 1. The van der Waals surface area contributed by atoms with Gasteiger partial charge in [0.1, 0.15) is 0 Å². The lowest BCUT2D eigenvalue weighted by atomic mass is 10.0. The maximum atomic E-state index is 12.3. The third-order valence-corrected chi connectivity index (χ3v) is 4.69. The Labute approximate surface area is 140 Å². The van der Waals surface area contributed by atoms with Crippen molar-refractivity contribution in [3.63, 3.8) is 0 Å². The van der Waals surface area contributed by atoms with Crippen molar-refractivity contribution in [2.24, 2.45) is 5.92 Å². The molecule has 4 nitrogen and oxygen atoms in total. The Morgan fingerprint density at radius 2 is 2.17 bits per heavy atom. The standard InChI is InChI=1S/C20H19N3O/c1-13-10-15-4-2-3-5-17(15)20(13)22-19(24)9-7-14-6-8-16-12-21-23-18(16)11-14/h2-9,11-13,20H,10H2,1H3,(H,21,23)(H,22,24)/b9-7+/t13-,20+/m1/s1. The highest BCUT2D eigenvalue weighted by Crippen LogP contribution is 2.35.